The fourth-order valence-electron chi connectivity index (χ4n) is 4.53. The van der Waals surface area contributed by atoms with Gasteiger partial charge in [-0.3, -0.25) is 19.8 Å². The zero-order chi connectivity index (χ0) is 28.3. The summed E-state index contributed by atoms with van der Waals surface area (Å²) < 4.78 is 25.2. The number of amides is 2. The molecule has 1 atom stereocenters. The van der Waals surface area contributed by atoms with Crippen molar-refractivity contribution in [3.63, 3.8) is 0 Å². The second-order valence-corrected chi connectivity index (χ2v) is 14.1. The number of hydrogen-bond acceptors (Lipinski definition) is 11. The van der Waals surface area contributed by atoms with Gasteiger partial charge in [0.2, 0.25) is 5.91 Å². The number of thiazole rings is 2. The second-order valence-electron chi connectivity index (χ2n) is 9.79. The van der Waals surface area contributed by atoms with E-state index in [9.17, 15) is 18.0 Å². The predicted molar refractivity (Wildman–Crippen MR) is 153 cm³/mol. The molecule has 3 aromatic rings. The predicted octanol–water partition coefficient (Wildman–Crippen LogP) is 3.15. The van der Waals surface area contributed by atoms with Crippen molar-refractivity contribution in [1.29, 1.82) is 0 Å². The number of carbonyl (C=O) groups is 2. The van der Waals surface area contributed by atoms with Crippen molar-refractivity contribution in [2.45, 2.75) is 56.0 Å². The standard InChI is InChI=1S/C26H30N6O5S3/c1-17-14-31(10-11-32(17)18(2)33)15-20-13-28-26(39-20)29-25(34)24(30-37-16-23-27-9-12-38-23)19-3-5-21(6-4-19)40(35,36)22-7-8-22/h3-6,9,12-13,17,22H,7-8,10-11,14-16H2,1-2H3,(H,28,29,34)/b30-24+/t17-/m0/s1. The lowest BCUT2D eigenvalue weighted by Gasteiger charge is -2.39. The number of aromatic nitrogens is 2. The zero-order valence-corrected chi connectivity index (χ0v) is 24.6. The van der Waals surface area contributed by atoms with Crippen LogP contribution < -0.4 is 5.32 Å². The molecule has 40 heavy (non-hydrogen) atoms. The highest BCUT2D eigenvalue weighted by Gasteiger charge is 2.37. The van der Waals surface area contributed by atoms with Crippen LogP contribution in [0.5, 0.6) is 0 Å². The number of oxime groups is 1. The number of benzene rings is 1. The molecule has 0 unspecified atom stereocenters. The molecular weight excluding hydrogens is 573 g/mol. The summed E-state index contributed by atoms with van der Waals surface area (Å²) in [6, 6.07) is 6.26. The van der Waals surface area contributed by atoms with Crippen molar-refractivity contribution in [3.05, 3.63) is 57.5 Å². The molecule has 2 amide bonds. The molecule has 2 aromatic heterocycles. The van der Waals surface area contributed by atoms with Crippen LogP contribution in [0.1, 0.15) is 42.1 Å². The Balaban J connectivity index is 1.27. The van der Waals surface area contributed by atoms with Gasteiger partial charge in [0.15, 0.2) is 27.3 Å². The Hall–Kier alpha value is -3.20. The maximum atomic E-state index is 13.3. The molecule has 0 bridgehead atoms. The SMILES string of the molecule is CC(=O)N1CCN(Cc2cnc(NC(=O)/C(=N/OCc3nccs3)c3ccc(S(=O)(=O)C4CC4)cc3)s2)C[C@@H]1C. The number of piperazine rings is 1. The molecule has 1 saturated heterocycles. The van der Waals surface area contributed by atoms with E-state index >= 15 is 0 Å². The van der Waals surface area contributed by atoms with Crippen molar-refractivity contribution >= 4 is 55.2 Å². The molecular formula is C26H30N6O5S3. The topological polar surface area (TPSA) is 134 Å². The molecule has 5 rings (SSSR count). The number of hydrogen-bond donors (Lipinski definition) is 1. The number of nitrogens with one attached hydrogen (secondary N) is 1. The average Bonchev–Trinajstić information content (AvgIpc) is 3.51. The maximum absolute atomic E-state index is 13.3. The van der Waals surface area contributed by atoms with Crippen LogP contribution in [0, 0.1) is 0 Å². The maximum Gasteiger partial charge on any atom is 0.280 e. The fraction of sp³-hybridized carbons (Fsp3) is 0.423. The van der Waals surface area contributed by atoms with Gasteiger partial charge < -0.3 is 9.74 Å². The second kappa shape index (κ2) is 12.1. The Morgan fingerprint density at radius 3 is 2.60 bits per heavy atom. The van der Waals surface area contributed by atoms with Gasteiger partial charge >= 0.3 is 0 Å². The molecule has 3 heterocycles. The summed E-state index contributed by atoms with van der Waals surface area (Å²) in [5, 5.41) is 9.51. The number of rotatable bonds is 10. The van der Waals surface area contributed by atoms with Crippen LogP contribution in [-0.4, -0.2) is 76.6 Å². The minimum atomic E-state index is -3.35. The van der Waals surface area contributed by atoms with E-state index in [0.29, 0.717) is 41.6 Å². The van der Waals surface area contributed by atoms with Gasteiger partial charge in [0.05, 0.1) is 10.1 Å². The lowest BCUT2D eigenvalue weighted by molar-refractivity contribution is -0.133. The highest BCUT2D eigenvalue weighted by molar-refractivity contribution is 7.92. The first kappa shape index (κ1) is 28.3. The number of sulfone groups is 1. The van der Waals surface area contributed by atoms with E-state index in [-0.39, 0.29) is 34.4 Å². The van der Waals surface area contributed by atoms with Gasteiger partial charge in [-0.25, -0.2) is 18.4 Å². The van der Waals surface area contributed by atoms with Gasteiger partial charge in [-0.05, 0) is 31.9 Å². The van der Waals surface area contributed by atoms with E-state index in [1.165, 1.54) is 34.8 Å². The Labute approximate surface area is 240 Å². The van der Waals surface area contributed by atoms with E-state index in [2.05, 4.69) is 25.3 Å². The third-order valence-corrected chi connectivity index (χ3v) is 10.7. The van der Waals surface area contributed by atoms with Crippen LogP contribution in [0.15, 0.2) is 52.1 Å². The van der Waals surface area contributed by atoms with E-state index in [1.54, 1.807) is 31.5 Å². The number of carbonyl (C=O) groups excluding carboxylic acids is 2. The minimum Gasteiger partial charge on any atom is -0.388 e. The Bertz CT molecular complexity index is 1480. The van der Waals surface area contributed by atoms with Crippen molar-refractivity contribution in [1.82, 2.24) is 19.8 Å². The molecule has 1 saturated carbocycles. The van der Waals surface area contributed by atoms with Crippen molar-refractivity contribution in [3.8, 4) is 0 Å². The first-order valence-electron chi connectivity index (χ1n) is 12.9. The fourth-order valence-corrected chi connectivity index (χ4v) is 7.56. The van der Waals surface area contributed by atoms with Crippen LogP contribution in [0.25, 0.3) is 0 Å². The minimum absolute atomic E-state index is 0.00199. The van der Waals surface area contributed by atoms with Crippen molar-refractivity contribution in [2.75, 3.05) is 25.0 Å². The summed E-state index contributed by atoms with van der Waals surface area (Å²) in [6.45, 7) is 6.61. The summed E-state index contributed by atoms with van der Waals surface area (Å²) in [5.74, 6) is -0.441. The number of anilines is 1. The van der Waals surface area contributed by atoms with Gasteiger partial charge in [-0.1, -0.05) is 17.3 Å². The van der Waals surface area contributed by atoms with E-state index < -0.39 is 15.7 Å². The van der Waals surface area contributed by atoms with Gasteiger partial charge in [0.1, 0.15) is 5.01 Å². The van der Waals surface area contributed by atoms with Crippen LogP contribution in [0.4, 0.5) is 5.13 Å². The Morgan fingerprint density at radius 2 is 1.95 bits per heavy atom. The molecule has 1 N–H and O–H groups in total. The molecule has 0 spiro atoms. The van der Waals surface area contributed by atoms with Crippen molar-refractivity contribution < 1.29 is 22.8 Å². The quantitative estimate of drug-likeness (QED) is 0.276. The molecule has 1 aliphatic heterocycles. The third kappa shape index (κ3) is 6.74. The lowest BCUT2D eigenvalue weighted by atomic mass is 10.1. The van der Waals surface area contributed by atoms with Gasteiger partial charge in [0, 0.05) is 67.4 Å². The molecule has 14 heteroatoms. The number of nitrogens with zero attached hydrogens (tertiary/aromatic N) is 5. The normalized spacial score (nSPS) is 18.5. The Kier molecular flexibility index (Phi) is 8.59. The van der Waals surface area contributed by atoms with Crippen LogP contribution in [0.2, 0.25) is 0 Å². The Morgan fingerprint density at radius 1 is 1.18 bits per heavy atom. The summed E-state index contributed by atoms with van der Waals surface area (Å²) in [4.78, 5) is 44.4. The summed E-state index contributed by atoms with van der Waals surface area (Å²) in [7, 11) is -3.35. The van der Waals surface area contributed by atoms with E-state index in [1.807, 2.05) is 17.2 Å². The highest BCUT2D eigenvalue weighted by atomic mass is 32.2. The summed E-state index contributed by atoms with van der Waals surface area (Å²) >= 11 is 2.77. The van der Waals surface area contributed by atoms with Crippen molar-refractivity contribution in [2.24, 2.45) is 5.16 Å². The van der Waals surface area contributed by atoms with Crippen LogP contribution in [0.3, 0.4) is 0 Å². The largest absolute Gasteiger partial charge is 0.388 e. The highest BCUT2D eigenvalue weighted by Crippen LogP contribution is 2.33. The van der Waals surface area contributed by atoms with Crippen LogP contribution >= 0.6 is 22.7 Å². The smallest absolute Gasteiger partial charge is 0.280 e. The molecule has 2 aliphatic rings. The van der Waals surface area contributed by atoms with Gasteiger partial charge in [0.25, 0.3) is 5.91 Å². The molecule has 1 aromatic carbocycles. The van der Waals surface area contributed by atoms with E-state index in [4.69, 9.17) is 4.84 Å². The summed E-state index contributed by atoms with van der Waals surface area (Å²) in [5.41, 5.74) is 0.415. The molecule has 0 radical (unpaired) electrons. The van der Waals surface area contributed by atoms with Crippen LogP contribution in [-0.2, 0) is 37.4 Å². The monoisotopic (exact) mass is 602 g/mol. The van der Waals surface area contributed by atoms with Gasteiger partial charge in [-0.2, -0.15) is 0 Å². The summed E-state index contributed by atoms with van der Waals surface area (Å²) in [6.07, 6.45) is 4.74. The zero-order valence-electron chi connectivity index (χ0n) is 22.1. The van der Waals surface area contributed by atoms with E-state index in [0.717, 1.165) is 18.0 Å². The average molecular weight is 603 g/mol. The molecule has 1 aliphatic carbocycles. The first-order chi connectivity index (χ1) is 19.2. The third-order valence-electron chi connectivity index (χ3n) is 6.73. The molecule has 11 nitrogen and oxygen atoms in total. The lowest BCUT2D eigenvalue weighted by Crippen LogP contribution is -2.52. The molecule has 212 valence electrons. The molecule has 2 fully saturated rings. The van der Waals surface area contributed by atoms with Gasteiger partial charge in [-0.15, -0.1) is 22.7 Å². The first-order valence-corrected chi connectivity index (χ1v) is 16.1.